The Labute approximate surface area is 126 Å². The Morgan fingerprint density at radius 2 is 1.10 bits per heavy atom. The Morgan fingerprint density at radius 1 is 1.10 bits per heavy atom. The maximum absolute atomic E-state index is 8.44. The summed E-state index contributed by atoms with van der Waals surface area (Å²) in [7, 11) is 0. The molecule has 0 saturated heterocycles. The van der Waals surface area contributed by atoms with Gasteiger partial charge < -0.3 is 19.2 Å². The topological polar surface area (TPSA) is 116 Å². The second-order valence-corrected chi connectivity index (χ2v) is 0.687. The van der Waals surface area contributed by atoms with Crippen molar-refractivity contribution in [3.63, 3.8) is 0 Å². The van der Waals surface area contributed by atoms with Gasteiger partial charge in [-0.25, -0.2) is 0 Å². The molecule has 0 rings (SSSR count). The fraction of sp³-hybridized carbons (Fsp3) is 0. The van der Waals surface area contributed by atoms with E-state index < -0.39 is 11.4 Å². The van der Waals surface area contributed by atoms with Gasteiger partial charge in [0.25, 0.3) is 0 Å². The van der Waals surface area contributed by atoms with Crippen LogP contribution >= 0.6 is 0 Å². The van der Waals surface area contributed by atoms with Crippen molar-refractivity contribution in [2.45, 2.75) is 0 Å². The van der Waals surface area contributed by atoms with E-state index in [4.69, 9.17) is 23.4 Å². The minimum Gasteiger partial charge on any atom is -0.784 e. The molecule has 0 N–H and O–H groups in total. The molecule has 0 radical (unpaired) electrons. The van der Waals surface area contributed by atoms with Crippen molar-refractivity contribution in [1.29, 1.82) is 0 Å². The Bertz CT molecular complexity index is 63.9. The van der Waals surface area contributed by atoms with Crippen LogP contribution in [-0.4, -0.2) is 13.3 Å². The molecule has 10 heteroatoms. The Hall–Kier alpha value is 2.47. The summed E-state index contributed by atoms with van der Waals surface area (Å²) in [5.74, 6) is 0. The van der Waals surface area contributed by atoms with Crippen LogP contribution in [0.5, 0.6) is 0 Å². The van der Waals surface area contributed by atoms with Crippen LogP contribution in [0.3, 0.4) is 0 Å². The standard InChI is InChI=1S/HNO2.3Na.H2O3S/c2-1-3;;;;1-4(2)3/h(H,2,3);;;;(H2,1,2,3)/q;3*+1;/p-3. The second-order valence-electron chi connectivity index (χ2n) is 0.279. The fourth-order valence-electron chi connectivity index (χ4n) is 0. The molecule has 0 unspecified atom stereocenters. The summed E-state index contributed by atoms with van der Waals surface area (Å²) in [6.45, 7) is 0. The van der Waals surface area contributed by atoms with Crippen LogP contribution in [0.2, 0.25) is 0 Å². The zero-order chi connectivity index (χ0) is 6.28. The first-order chi connectivity index (χ1) is 3.15. The molecule has 0 aromatic carbocycles. The SMILES string of the molecule is O=N[O-].O=S([O-])[O-].[Na+].[Na+].[Na+]. The van der Waals surface area contributed by atoms with Crippen LogP contribution in [0, 0.1) is 10.1 Å². The second kappa shape index (κ2) is 30.0. The molecule has 0 saturated carbocycles. The van der Waals surface area contributed by atoms with E-state index in [9.17, 15) is 0 Å². The molecule has 0 atom stereocenters. The van der Waals surface area contributed by atoms with Crippen molar-refractivity contribution in [3.8, 4) is 0 Å². The quantitative estimate of drug-likeness (QED) is 0.165. The number of hydrogen-bond donors (Lipinski definition) is 0. The van der Waals surface area contributed by atoms with Crippen molar-refractivity contribution in [1.82, 2.24) is 0 Å². The van der Waals surface area contributed by atoms with E-state index in [-0.39, 0.29) is 88.7 Å². The predicted molar refractivity (Wildman–Crippen MR) is 18.9 cm³/mol. The number of hydrogen-bond acceptors (Lipinski definition) is 6. The van der Waals surface area contributed by atoms with Gasteiger partial charge >= 0.3 is 88.7 Å². The fourth-order valence-corrected chi connectivity index (χ4v) is 0. The van der Waals surface area contributed by atoms with Gasteiger partial charge in [-0.1, -0.05) is 0 Å². The van der Waals surface area contributed by atoms with Gasteiger partial charge in [0.05, 0.1) is 0 Å². The van der Waals surface area contributed by atoms with Gasteiger partial charge in [0, 0.05) is 0 Å². The Balaban J connectivity index is -0.0000000131. The molecule has 6 nitrogen and oxygen atoms in total. The van der Waals surface area contributed by atoms with E-state index in [1.807, 2.05) is 0 Å². The molecule has 10 heavy (non-hydrogen) atoms. The first kappa shape index (κ1) is 29.4. The van der Waals surface area contributed by atoms with E-state index in [1.165, 1.54) is 0 Å². The van der Waals surface area contributed by atoms with Gasteiger partial charge in [0.1, 0.15) is 0 Å². The molecule has 0 aromatic rings. The van der Waals surface area contributed by atoms with Crippen molar-refractivity contribution in [2.24, 2.45) is 5.34 Å². The number of nitrogens with zero attached hydrogens (tertiary/aromatic N) is 1. The smallest absolute Gasteiger partial charge is 0.784 e. The molecule has 0 aromatic heterocycles. The molecular weight excluding hydrogens is 195 g/mol. The largest absolute Gasteiger partial charge is 1.00 e. The monoisotopic (exact) mass is 195 g/mol. The van der Waals surface area contributed by atoms with Gasteiger partial charge in [-0.05, 0) is 0 Å². The van der Waals surface area contributed by atoms with Crippen LogP contribution in [0.1, 0.15) is 0 Å². The van der Waals surface area contributed by atoms with Gasteiger partial charge in [0.2, 0.25) is 0 Å². The zero-order valence-electron chi connectivity index (χ0n) is 5.90. The third-order valence-electron chi connectivity index (χ3n) is 0. The molecular formula is NNa3O5S. The average Bonchev–Trinajstić information content (AvgIpc) is 1.33. The van der Waals surface area contributed by atoms with Gasteiger partial charge in [-0.2, -0.15) is 0 Å². The van der Waals surface area contributed by atoms with E-state index in [0.29, 0.717) is 0 Å². The van der Waals surface area contributed by atoms with Crippen molar-refractivity contribution < 1.29 is 102 Å². The first-order valence-corrected chi connectivity index (χ1v) is 1.87. The van der Waals surface area contributed by atoms with Crippen LogP contribution in [0.4, 0.5) is 0 Å². The maximum Gasteiger partial charge on any atom is 1.00 e. The molecule has 0 amide bonds. The van der Waals surface area contributed by atoms with Gasteiger partial charge in [-0.3, -0.25) is 4.21 Å². The molecule has 0 heterocycles. The molecule has 0 aliphatic rings. The summed E-state index contributed by atoms with van der Waals surface area (Å²) in [5.41, 5.74) is 0. The third kappa shape index (κ3) is 154. The van der Waals surface area contributed by atoms with Crippen molar-refractivity contribution in [3.05, 3.63) is 10.1 Å². The maximum atomic E-state index is 8.44. The molecule has 0 fully saturated rings. The molecule has 0 spiro atoms. The summed E-state index contributed by atoms with van der Waals surface area (Å²) in [6, 6.07) is 0. The molecule has 0 aliphatic carbocycles. The zero-order valence-corrected chi connectivity index (χ0v) is 12.7. The van der Waals surface area contributed by atoms with E-state index >= 15 is 0 Å². The van der Waals surface area contributed by atoms with Crippen molar-refractivity contribution >= 4 is 11.4 Å². The van der Waals surface area contributed by atoms with E-state index in [0.717, 1.165) is 5.34 Å². The number of rotatable bonds is 0. The minimum atomic E-state index is -3.11. The molecule has 44 valence electrons. The molecule has 0 aliphatic heterocycles. The predicted octanol–water partition coefficient (Wildman–Crippen LogP) is -9.74. The van der Waals surface area contributed by atoms with Crippen LogP contribution in [-0.2, 0) is 11.4 Å². The summed E-state index contributed by atoms with van der Waals surface area (Å²) < 4.78 is 25.3. The normalized spacial score (nSPS) is 4.70. The summed E-state index contributed by atoms with van der Waals surface area (Å²) in [4.78, 5) is 8.00. The third-order valence-corrected chi connectivity index (χ3v) is 0. The van der Waals surface area contributed by atoms with Gasteiger partial charge in [-0.15, -0.1) is 16.7 Å². The summed E-state index contributed by atoms with van der Waals surface area (Å²) in [6.07, 6.45) is 0. The van der Waals surface area contributed by atoms with Crippen LogP contribution in [0.25, 0.3) is 0 Å². The first-order valence-electron chi connectivity index (χ1n) is 0.865. The average molecular weight is 195 g/mol. The summed E-state index contributed by atoms with van der Waals surface area (Å²) >= 11 is -3.11. The van der Waals surface area contributed by atoms with E-state index in [2.05, 4.69) is 0 Å². The Kier molecular flexibility index (Phi) is 88.3. The van der Waals surface area contributed by atoms with Crippen molar-refractivity contribution in [2.75, 3.05) is 0 Å². The van der Waals surface area contributed by atoms with E-state index in [1.54, 1.807) is 0 Å². The minimum absolute atomic E-state index is 0. The Morgan fingerprint density at radius 3 is 1.10 bits per heavy atom. The summed E-state index contributed by atoms with van der Waals surface area (Å²) in [5, 5.41) is 9.00. The van der Waals surface area contributed by atoms with Gasteiger partial charge in [0.15, 0.2) is 0 Å². The van der Waals surface area contributed by atoms with Crippen LogP contribution < -0.4 is 88.7 Å². The van der Waals surface area contributed by atoms with Crippen LogP contribution in [0.15, 0.2) is 5.34 Å². The molecule has 0 bridgehead atoms.